The average Bonchev–Trinajstić information content (AvgIpc) is 3.13. The molecule has 0 saturated carbocycles. The van der Waals surface area contributed by atoms with E-state index < -0.39 is 5.97 Å². The van der Waals surface area contributed by atoms with Crippen LogP contribution < -0.4 is 4.74 Å². The number of hydrogen-bond acceptors (Lipinski definition) is 5. The molecule has 120 valence electrons. The van der Waals surface area contributed by atoms with Gasteiger partial charge in [-0.2, -0.15) is 0 Å². The number of rotatable bonds is 5. The highest BCUT2D eigenvalue weighted by molar-refractivity contribution is 9.10. The predicted octanol–water partition coefficient (Wildman–Crippen LogP) is 4.05. The van der Waals surface area contributed by atoms with Crippen LogP contribution >= 0.6 is 27.3 Å². The SMILES string of the molecule is COc1ccc(C(=O)COC(=O)c2cc3c(s2)CCC3)cc1Br. The van der Waals surface area contributed by atoms with E-state index in [1.165, 1.54) is 21.8 Å². The number of methoxy groups -OCH3 is 1. The molecule has 23 heavy (non-hydrogen) atoms. The Morgan fingerprint density at radius 3 is 2.78 bits per heavy atom. The Hall–Kier alpha value is -1.66. The largest absolute Gasteiger partial charge is 0.496 e. The third-order valence-electron chi connectivity index (χ3n) is 3.76. The molecule has 0 aliphatic heterocycles. The third kappa shape index (κ3) is 3.48. The molecule has 2 aromatic rings. The Bertz CT molecular complexity index is 744. The van der Waals surface area contributed by atoms with Crippen LogP contribution in [0, 0.1) is 0 Å². The summed E-state index contributed by atoms with van der Waals surface area (Å²) in [6.07, 6.45) is 3.21. The van der Waals surface area contributed by atoms with E-state index in [2.05, 4.69) is 15.9 Å². The number of halogens is 1. The normalized spacial score (nSPS) is 12.8. The molecule has 0 bridgehead atoms. The molecule has 1 heterocycles. The van der Waals surface area contributed by atoms with Gasteiger partial charge in [0.25, 0.3) is 0 Å². The van der Waals surface area contributed by atoms with Crippen molar-refractivity contribution < 1.29 is 19.1 Å². The van der Waals surface area contributed by atoms with Gasteiger partial charge < -0.3 is 9.47 Å². The maximum Gasteiger partial charge on any atom is 0.348 e. The quantitative estimate of drug-likeness (QED) is 0.566. The molecule has 0 spiro atoms. The van der Waals surface area contributed by atoms with Gasteiger partial charge in [-0.15, -0.1) is 11.3 Å². The van der Waals surface area contributed by atoms with Crippen molar-refractivity contribution in [3.63, 3.8) is 0 Å². The van der Waals surface area contributed by atoms with Gasteiger partial charge in [-0.1, -0.05) is 0 Å². The van der Waals surface area contributed by atoms with E-state index in [4.69, 9.17) is 9.47 Å². The van der Waals surface area contributed by atoms with Crippen molar-refractivity contribution in [3.05, 3.63) is 49.6 Å². The molecule has 6 heteroatoms. The minimum absolute atomic E-state index is 0.245. The molecular formula is C17H15BrO4S. The van der Waals surface area contributed by atoms with Gasteiger partial charge in [0.2, 0.25) is 0 Å². The summed E-state index contributed by atoms with van der Waals surface area (Å²) < 4.78 is 11.0. The molecule has 0 fully saturated rings. The summed E-state index contributed by atoms with van der Waals surface area (Å²) in [6.45, 7) is -0.264. The number of ether oxygens (including phenoxy) is 2. The van der Waals surface area contributed by atoms with Crippen LogP contribution in [0.3, 0.4) is 0 Å². The van der Waals surface area contributed by atoms with Gasteiger partial charge in [0.1, 0.15) is 10.6 Å². The smallest absolute Gasteiger partial charge is 0.348 e. The highest BCUT2D eigenvalue weighted by Crippen LogP contribution is 2.31. The Kier molecular flexibility index (Phi) is 4.82. The fourth-order valence-electron chi connectivity index (χ4n) is 2.56. The third-order valence-corrected chi connectivity index (χ3v) is 5.59. The lowest BCUT2D eigenvalue weighted by molar-refractivity contribution is 0.0479. The molecular weight excluding hydrogens is 380 g/mol. The first-order chi connectivity index (χ1) is 11.1. The highest BCUT2D eigenvalue weighted by Gasteiger charge is 2.20. The number of ketones is 1. The molecule has 1 aliphatic rings. The lowest BCUT2D eigenvalue weighted by Crippen LogP contribution is -2.13. The van der Waals surface area contributed by atoms with E-state index in [-0.39, 0.29) is 12.4 Å². The maximum absolute atomic E-state index is 12.1. The van der Waals surface area contributed by atoms with Gasteiger partial charge in [-0.05, 0) is 65.0 Å². The number of aryl methyl sites for hydroxylation is 2. The van der Waals surface area contributed by atoms with E-state index in [0.717, 1.165) is 19.3 Å². The fraction of sp³-hybridized carbons (Fsp3) is 0.294. The molecule has 1 aromatic carbocycles. The van der Waals surface area contributed by atoms with Crippen LogP contribution in [-0.2, 0) is 17.6 Å². The lowest BCUT2D eigenvalue weighted by Gasteiger charge is -2.06. The fourth-order valence-corrected chi connectivity index (χ4v) is 4.24. The van der Waals surface area contributed by atoms with Gasteiger partial charge >= 0.3 is 5.97 Å². The van der Waals surface area contributed by atoms with Crippen molar-refractivity contribution in [2.45, 2.75) is 19.3 Å². The van der Waals surface area contributed by atoms with Crippen LogP contribution in [0.5, 0.6) is 5.75 Å². The van der Waals surface area contributed by atoms with Crippen LogP contribution in [-0.4, -0.2) is 25.5 Å². The standard InChI is InChI=1S/C17H15BrO4S/c1-21-14-6-5-10(7-12(14)18)13(19)9-22-17(20)16-8-11-3-2-4-15(11)23-16/h5-8H,2-4,9H2,1H3. The van der Waals surface area contributed by atoms with Crippen molar-refractivity contribution in [1.82, 2.24) is 0 Å². The van der Waals surface area contributed by atoms with Crippen molar-refractivity contribution in [1.29, 1.82) is 0 Å². The number of thiophene rings is 1. The number of esters is 1. The van der Waals surface area contributed by atoms with E-state index in [9.17, 15) is 9.59 Å². The van der Waals surface area contributed by atoms with Crippen LogP contribution in [0.1, 0.15) is 36.9 Å². The van der Waals surface area contributed by atoms with Gasteiger partial charge in [0.05, 0.1) is 11.6 Å². The molecule has 1 aliphatic carbocycles. The summed E-state index contributed by atoms with van der Waals surface area (Å²) in [5.74, 6) is -0.0252. The second-order valence-electron chi connectivity index (χ2n) is 5.26. The second kappa shape index (κ2) is 6.84. The molecule has 4 nitrogen and oxygen atoms in total. The zero-order chi connectivity index (χ0) is 16.4. The Labute approximate surface area is 146 Å². The number of Topliss-reactive ketones (excluding diaryl/α,β-unsaturated/α-hetero) is 1. The summed E-state index contributed by atoms with van der Waals surface area (Å²) in [5.41, 5.74) is 1.71. The Balaban J connectivity index is 1.62. The van der Waals surface area contributed by atoms with Gasteiger partial charge in [-0.3, -0.25) is 4.79 Å². The number of fused-ring (bicyclic) bond motifs is 1. The summed E-state index contributed by atoms with van der Waals surface area (Å²) in [7, 11) is 1.56. The zero-order valence-corrected chi connectivity index (χ0v) is 15.0. The monoisotopic (exact) mass is 394 g/mol. The summed E-state index contributed by atoms with van der Waals surface area (Å²) in [4.78, 5) is 26.0. The highest BCUT2D eigenvalue weighted by atomic mass is 79.9. The molecule has 0 N–H and O–H groups in total. The van der Waals surface area contributed by atoms with Crippen LogP contribution in [0.25, 0.3) is 0 Å². The van der Waals surface area contributed by atoms with Crippen LogP contribution in [0.15, 0.2) is 28.7 Å². The van der Waals surface area contributed by atoms with E-state index in [0.29, 0.717) is 20.7 Å². The number of benzene rings is 1. The molecule has 0 amide bonds. The van der Waals surface area contributed by atoms with E-state index in [1.54, 1.807) is 25.3 Å². The van der Waals surface area contributed by atoms with Crippen molar-refractivity contribution in [2.24, 2.45) is 0 Å². The first-order valence-electron chi connectivity index (χ1n) is 7.24. The number of hydrogen-bond donors (Lipinski definition) is 0. The van der Waals surface area contributed by atoms with Gasteiger partial charge in [-0.25, -0.2) is 4.79 Å². The molecule has 0 saturated heterocycles. The topological polar surface area (TPSA) is 52.6 Å². The average molecular weight is 395 g/mol. The summed E-state index contributed by atoms with van der Waals surface area (Å²) >= 11 is 4.81. The van der Waals surface area contributed by atoms with Crippen molar-refractivity contribution in [2.75, 3.05) is 13.7 Å². The number of carbonyl (C=O) groups excluding carboxylic acids is 2. The minimum atomic E-state index is -0.426. The van der Waals surface area contributed by atoms with Crippen molar-refractivity contribution in [3.8, 4) is 5.75 Å². The second-order valence-corrected chi connectivity index (χ2v) is 7.25. The maximum atomic E-state index is 12.1. The van der Waals surface area contributed by atoms with E-state index in [1.807, 2.05) is 6.07 Å². The molecule has 3 rings (SSSR count). The van der Waals surface area contributed by atoms with Gasteiger partial charge in [0.15, 0.2) is 12.4 Å². The Morgan fingerprint density at radius 1 is 1.26 bits per heavy atom. The lowest BCUT2D eigenvalue weighted by atomic mass is 10.1. The molecule has 0 atom stereocenters. The zero-order valence-electron chi connectivity index (χ0n) is 12.6. The summed E-state index contributed by atoms with van der Waals surface area (Å²) in [5, 5.41) is 0. The molecule has 1 aromatic heterocycles. The van der Waals surface area contributed by atoms with Crippen LogP contribution in [0.2, 0.25) is 0 Å². The van der Waals surface area contributed by atoms with E-state index >= 15 is 0 Å². The number of carbonyl (C=O) groups is 2. The Morgan fingerprint density at radius 2 is 2.09 bits per heavy atom. The first kappa shape index (κ1) is 16.2. The first-order valence-corrected chi connectivity index (χ1v) is 8.85. The molecule has 0 radical (unpaired) electrons. The molecule has 0 unspecified atom stereocenters. The minimum Gasteiger partial charge on any atom is -0.496 e. The summed E-state index contributed by atoms with van der Waals surface area (Å²) in [6, 6.07) is 6.90. The van der Waals surface area contributed by atoms with Gasteiger partial charge in [0, 0.05) is 10.4 Å². The van der Waals surface area contributed by atoms with Crippen molar-refractivity contribution >= 4 is 39.0 Å². The van der Waals surface area contributed by atoms with Crippen LogP contribution in [0.4, 0.5) is 0 Å². The predicted molar refractivity (Wildman–Crippen MR) is 91.7 cm³/mol.